The van der Waals surface area contributed by atoms with Crippen molar-refractivity contribution in [3.05, 3.63) is 34.9 Å². The Kier molecular flexibility index (Phi) is 3.48. The molecule has 1 heterocycles. The summed E-state index contributed by atoms with van der Waals surface area (Å²) in [6.07, 6.45) is 1.05. The zero-order chi connectivity index (χ0) is 12.4. The van der Waals surface area contributed by atoms with Crippen LogP contribution in [0.5, 0.6) is 0 Å². The molecule has 0 aromatic heterocycles. The van der Waals surface area contributed by atoms with Gasteiger partial charge in [-0.25, -0.2) is 0 Å². The van der Waals surface area contributed by atoms with E-state index < -0.39 is 0 Å². The molecule has 3 nitrogen and oxygen atoms in total. The quantitative estimate of drug-likeness (QED) is 0.842. The van der Waals surface area contributed by atoms with Crippen LogP contribution in [0.2, 0.25) is 0 Å². The van der Waals surface area contributed by atoms with Gasteiger partial charge in [-0.2, -0.15) is 0 Å². The van der Waals surface area contributed by atoms with Gasteiger partial charge in [-0.3, -0.25) is 4.79 Å². The second-order valence-electron chi connectivity index (χ2n) is 4.84. The van der Waals surface area contributed by atoms with Gasteiger partial charge >= 0.3 is 0 Å². The first-order valence-corrected chi connectivity index (χ1v) is 6.15. The van der Waals surface area contributed by atoms with E-state index in [0.29, 0.717) is 6.04 Å². The van der Waals surface area contributed by atoms with Crippen molar-refractivity contribution in [1.29, 1.82) is 0 Å². The molecule has 2 rings (SSSR count). The smallest absolute Gasteiger partial charge is 0.254 e. The largest absolute Gasteiger partial charge is 0.337 e. The summed E-state index contributed by atoms with van der Waals surface area (Å²) in [7, 11) is 1.95. The van der Waals surface area contributed by atoms with Crippen LogP contribution in [0, 0.1) is 13.8 Å². The molecule has 1 aromatic rings. The lowest BCUT2D eigenvalue weighted by Gasteiger charge is -2.18. The van der Waals surface area contributed by atoms with Crippen LogP contribution < -0.4 is 5.32 Å². The van der Waals surface area contributed by atoms with Gasteiger partial charge in [0.05, 0.1) is 0 Å². The highest BCUT2D eigenvalue weighted by Gasteiger charge is 2.26. The number of amides is 1. The first-order valence-electron chi connectivity index (χ1n) is 6.15. The van der Waals surface area contributed by atoms with E-state index in [1.54, 1.807) is 0 Å². The highest BCUT2D eigenvalue weighted by Crippen LogP contribution is 2.17. The molecule has 1 aromatic carbocycles. The predicted octanol–water partition coefficient (Wildman–Crippen LogP) is 1.74. The van der Waals surface area contributed by atoms with E-state index >= 15 is 0 Å². The summed E-state index contributed by atoms with van der Waals surface area (Å²) in [5.74, 6) is 0.167. The van der Waals surface area contributed by atoms with Gasteiger partial charge in [0.25, 0.3) is 5.91 Å². The Bertz CT molecular complexity index is 428. The van der Waals surface area contributed by atoms with Crippen molar-refractivity contribution < 1.29 is 4.79 Å². The molecule has 1 fully saturated rings. The van der Waals surface area contributed by atoms with Gasteiger partial charge in [-0.1, -0.05) is 17.7 Å². The third-order valence-corrected chi connectivity index (χ3v) is 3.50. The van der Waals surface area contributed by atoms with Crippen molar-refractivity contribution in [2.45, 2.75) is 26.3 Å². The lowest BCUT2D eigenvalue weighted by Crippen LogP contribution is -2.33. The van der Waals surface area contributed by atoms with Gasteiger partial charge in [-0.15, -0.1) is 0 Å². The average molecular weight is 232 g/mol. The zero-order valence-corrected chi connectivity index (χ0v) is 10.8. The van der Waals surface area contributed by atoms with Crippen molar-refractivity contribution in [3.8, 4) is 0 Å². The normalized spacial score (nSPS) is 19.7. The Hall–Kier alpha value is -1.35. The molecule has 0 spiro atoms. The van der Waals surface area contributed by atoms with E-state index in [1.165, 1.54) is 5.56 Å². The van der Waals surface area contributed by atoms with Gasteiger partial charge in [0.2, 0.25) is 0 Å². The SMILES string of the molecule is CNC1CCN(C(=O)c2ccc(C)cc2C)C1. The molecule has 0 radical (unpaired) electrons. The average Bonchev–Trinajstić information content (AvgIpc) is 2.76. The topological polar surface area (TPSA) is 32.3 Å². The highest BCUT2D eigenvalue weighted by atomic mass is 16.2. The summed E-state index contributed by atoms with van der Waals surface area (Å²) in [6.45, 7) is 5.74. The van der Waals surface area contributed by atoms with Crippen LogP contribution in [-0.4, -0.2) is 37.0 Å². The minimum Gasteiger partial charge on any atom is -0.337 e. The second-order valence-corrected chi connectivity index (χ2v) is 4.84. The zero-order valence-electron chi connectivity index (χ0n) is 10.8. The molecule has 1 atom stereocenters. The molecule has 1 aliphatic rings. The number of nitrogens with one attached hydrogen (secondary N) is 1. The third kappa shape index (κ3) is 2.50. The van der Waals surface area contributed by atoms with Gasteiger partial charge < -0.3 is 10.2 Å². The van der Waals surface area contributed by atoms with Crippen LogP contribution in [0.25, 0.3) is 0 Å². The van der Waals surface area contributed by atoms with Gasteiger partial charge in [0, 0.05) is 24.7 Å². The molecule has 1 amide bonds. The molecule has 3 heteroatoms. The van der Waals surface area contributed by atoms with E-state index in [4.69, 9.17) is 0 Å². The Morgan fingerprint density at radius 2 is 2.18 bits per heavy atom. The highest BCUT2D eigenvalue weighted by molar-refractivity contribution is 5.95. The monoisotopic (exact) mass is 232 g/mol. The van der Waals surface area contributed by atoms with Gasteiger partial charge in [0.1, 0.15) is 0 Å². The molecule has 1 aliphatic heterocycles. The molecule has 1 unspecified atom stereocenters. The van der Waals surface area contributed by atoms with Gasteiger partial charge in [-0.05, 0) is 38.9 Å². The number of rotatable bonds is 2. The lowest BCUT2D eigenvalue weighted by molar-refractivity contribution is 0.0789. The number of carbonyl (C=O) groups excluding carboxylic acids is 1. The van der Waals surface area contributed by atoms with Crippen molar-refractivity contribution in [2.24, 2.45) is 0 Å². The van der Waals surface area contributed by atoms with Crippen LogP contribution in [0.15, 0.2) is 18.2 Å². The van der Waals surface area contributed by atoms with Crippen molar-refractivity contribution in [3.63, 3.8) is 0 Å². The first kappa shape index (κ1) is 12.1. The van der Waals surface area contributed by atoms with Crippen molar-refractivity contribution >= 4 is 5.91 Å². The number of hydrogen-bond donors (Lipinski definition) is 1. The minimum atomic E-state index is 0.167. The minimum absolute atomic E-state index is 0.167. The van der Waals surface area contributed by atoms with E-state index in [0.717, 1.165) is 30.6 Å². The van der Waals surface area contributed by atoms with Gasteiger partial charge in [0.15, 0.2) is 0 Å². The molecule has 92 valence electrons. The van der Waals surface area contributed by atoms with E-state index in [9.17, 15) is 4.79 Å². The number of likely N-dealkylation sites (tertiary alicyclic amines) is 1. The summed E-state index contributed by atoms with van der Waals surface area (Å²) in [5.41, 5.74) is 3.11. The second kappa shape index (κ2) is 4.88. The molecule has 0 aliphatic carbocycles. The maximum atomic E-state index is 12.3. The Morgan fingerprint density at radius 3 is 2.76 bits per heavy atom. The Labute approximate surface area is 103 Å². The maximum absolute atomic E-state index is 12.3. The maximum Gasteiger partial charge on any atom is 0.254 e. The molecular weight excluding hydrogens is 212 g/mol. The number of carbonyl (C=O) groups is 1. The van der Waals surface area contributed by atoms with Crippen molar-refractivity contribution in [2.75, 3.05) is 20.1 Å². The molecule has 0 saturated carbocycles. The van der Waals surface area contributed by atoms with Crippen molar-refractivity contribution in [1.82, 2.24) is 10.2 Å². The number of nitrogens with zero attached hydrogens (tertiary/aromatic N) is 1. The number of likely N-dealkylation sites (N-methyl/N-ethyl adjacent to an activating group) is 1. The fourth-order valence-corrected chi connectivity index (χ4v) is 2.40. The summed E-state index contributed by atoms with van der Waals surface area (Å²) < 4.78 is 0. The van der Waals surface area contributed by atoms with Crippen LogP contribution in [0.4, 0.5) is 0 Å². The third-order valence-electron chi connectivity index (χ3n) is 3.50. The molecule has 17 heavy (non-hydrogen) atoms. The van der Waals surface area contributed by atoms with Crippen LogP contribution in [-0.2, 0) is 0 Å². The first-order chi connectivity index (χ1) is 8.11. The standard InChI is InChI=1S/C14H20N2O/c1-10-4-5-13(11(2)8-10)14(17)16-7-6-12(9-16)15-3/h4-5,8,12,15H,6-7,9H2,1-3H3. The fourth-order valence-electron chi connectivity index (χ4n) is 2.40. The number of benzene rings is 1. The van der Waals surface area contributed by atoms with E-state index in [1.807, 2.05) is 37.9 Å². The summed E-state index contributed by atoms with van der Waals surface area (Å²) in [4.78, 5) is 14.3. The molecule has 0 bridgehead atoms. The fraction of sp³-hybridized carbons (Fsp3) is 0.500. The predicted molar refractivity (Wildman–Crippen MR) is 69.3 cm³/mol. The Balaban J connectivity index is 2.15. The molecule has 1 N–H and O–H groups in total. The summed E-state index contributed by atoms with van der Waals surface area (Å²) >= 11 is 0. The molecular formula is C14H20N2O. The Morgan fingerprint density at radius 1 is 1.41 bits per heavy atom. The lowest BCUT2D eigenvalue weighted by atomic mass is 10.0. The summed E-state index contributed by atoms with van der Waals surface area (Å²) in [6, 6.07) is 6.47. The molecule has 1 saturated heterocycles. The number of aryl methyl sites for hydroxylation is 2. The summed E-state index contributed by atoms with van der Waals surface area (Å²) in [5, 5.41) is 3.23. The van der Waals surface area contributed by atoms with E-state index in [-0.39, 0.29) is 5.91 Å². The van der Waals surface area contributed by atoms with Crippen LogP contribution >= 0.6 is 0 Å². The van der Waals surface area contributed by atoms with Crippen LogP contribution in [0.1, 0.15) is 27.9 Å². The van der Waals surface area contributed by atoms with Crippen LogP contribution in [0.3, 0.4) is 0 Å². The van der Waals surface area contributed by atoms with E-state index in [2.05, 4.69) is 11.4 Å². The number of hydrogen-bond acceptors (Lipinski definition) is 2.